The van der Waals surface area contributed by atoms with E-state index < -0.39 is 11.9 Å². The van der Waals surface area contributed by atoms with Gasteiger partial charge in [-0.1, -0.05) is 0 Å². The molecule has 0 unspecified atom stereocenters. The summed E-state index contributed by atoms with van der Waals surface area (Å²) in [5.74, 6) is -2.21. The fraction of sp³-hybridized carbons (Fsp3) is 0.300. The summed E-state index contributed by atoms with van der Waals surface area (Å²) in [7, 11) is 0. The van der Waals surface area contributed by atoms with Crippen molar-refractivity contribution >= 4 is 18.2 Å². The third-order valence-electron chi connectivity index (χ3n) is 2.08. The molecule has 0 saturated heterocycles. The number of carbonyl (C=O) groups excluding carboxylic acids is 3. The van der Waals surface area contributed by atoms with Gasteiger partial charge in [0.2, 0.25) is 0 Å². The summed E-state index contributed by atoms with van der Waals surface area (Å²) in [6.45, 7) is 3.16. The number of aromatic carboxylic acids is 1. The monoisotopic (exact) mass is 224 g/mol. The van der Waals surface area contributed by atoms with E-state index in [1.165, 1.54) is 6.92 Å². The van der Waals surface area contributed by atoms with Crippen LogP contribution >= 0.6 is 0 Å². The van der Waals surface area contributed by atoms with Crippen LogP contribution in [0.1, 0.15) is 43.8 Å². The topological polar surface area (TPSA) is 99.3 Å². The quantitative estimate of drug-likeness (QED) is 0.558. The summed E-state index contributed by atoms with van der Waals surface area (Å²) in [6, 6.07) is 0. The predicted molar refractivity (Wildman–Crippen MR) is 51.2 cm³/mol. The zero-order valence-corrected chi connectivity index (χ0v) is 8.83. The van der Waals surface area contributed by atoms with Crippen LogP contribution in [0.15, 0.2) is 0 Å². The molecule has 6 heteroatoms. The molecule has 1 N–H and O–H groups in total. The summed E-state index contributed by atoms with van der Waals surface area (Å²) in [6.07, 6.45) is 0.367. The van der Waals surface area contributed by atoms with Crippen molar-refractivity contribution in [3.8, 4) is 0 Å². The van der Waals surface area contributed by atoms with E-state index in [1.807, 2.05) is 0 Å². The molecule has 0 aliphatic heterocycles. The Bertz CT molecular complexity index is 446. The first kappa shape index (κ1) is 12.0. The number of aromatic nitrogens is 1. The van der Waals surface area contributed by atoms with Crippen molar-refractivity contribution in [2.75, 3.05) is 6.61 Å². The van der Waals surface area contributed by atoms with Gasteiger partial charge in [0.15, 0.2) is 6.29 Å². The molecule has 0 aliphatic rings. The Kier molecular flexibility index (Phi) is 3.44. The summed E-state index contributed by atoms with van der Waals surface area (Å²) < 4.78 is 4.71. The van der Waals surface area contributed by atoms with Gasteiger partial charge in [-0.05, 0) is 19.4 Å². The summed E-state index contributed by atoms with van der Waals surface area (Å²) >= 11 is 0. The van der Waals surface area contributed by atoms with Crippen LogP contribution in [-0.2, 0) is 4.74 Å². The first-order chi connectivity index (χ1) is 7.52. The van der Waals surface area contributed by atoms with E-state index in [2.05, 4.69) is 4.98 Å². The van der Waals surface area contributed by atoms with Crippen molar-refractivity contribution in [3.05, 3.63) is 22.5 Å². The maximum absolute atomic E-state index is 11.5. The standard InChI is InChI=1S/C10H11NO5/c1-3-16-10(15)7-5(2)8(9(13)14)11-6(7)4-12/h4,11H,3H2,1-2H3,(H,13,14)/p-1. The highest BCUT2D eigenvalue weighted by Crippen LogP contribution is 2.17. The van der Waals surface area contributed by atoms with Crippen molar-refractivity contribution < 1.29 is 24.2 Å². The van der Waals surface area contributed by atoms with Gasteiger partial charge in [-0.25, -0.2) is 4.79 Å². The number of carbonyl (C=O) groups is 3. The highest BCUT2D eigenvalue weighted by molar-refractivity contribution is 6.02. The SMILES string of the molecule is CCOC(=O)c1c(C=O)[nH]c(C(=O)[O-])c1C. The number of esters is 1. The zero-order chi connectivity index (χ0) is 12.3. The second-order valence-corrected chi connectivity index (χ2v) is 3.04. The van der Waals surface area contributed by atoms with Crippen molar-refractivity contribution in [1.82, 2.24) is 4.98 Å². The van der Waals surface area contributed by atoms with Gasteiger partial charge in [0, 0.05) is 0 Å². The first-order valence-corrected chi connectivity index (χ1v) is 4.59. The van der Waals surface area contributed by atoms with Crippen LogP contribution in [0.2, 0.25) is 0 Å². The van der Waals surface area contributed by atoms with Crippen LogP contribution in [0.25, 0.3) is 0 Å². The molecule has 0 saturated carbocycles. The molecule has 0 fully saturated rings. The van der Waals surface area contributed by atoms with Gasteiger partial charge in [0.05, 0.1) is 29.5 Å². The van der Waals surface area contributed by atoms with Gasteiger partial charge >= 0.3 is 5.97 Å². The van der Waals surface area contributed by atoms with Gasteiger partial charge < -0.3 is 19.6 Å². The maximum atomic E-state index is 11.5. The van der Waals surface area contributed by atoms with Crippen LogP contribution in [0, 0.1) is 6.92 Å². The normalized spacial score (nSPS) is 9.88. The Morgan fingerprint density at radius 3 is 2.56 bits per heavy atom. The number of H-pyrrole nitrogens is 1. The summed E-state index contributed by atoms with van der Waals surface area (Å²) in [5, 5.41) is 10.7. The molecule has 0 radical (unpaired) electrons. The lowest BCUT2D eigenvalue weighted by Crippen LogP contribution is -2.23. The molecule has 1 heterocycles. The minimum Gasteiger partial charge on any atom is -0.543 e. The number of rotatable bonds is 4. The van der Waals surface area contributed by atoms with E-state index in [4.69, 9.17) is 4.74 Å². The molecule has 1 aromatic rings. The fourth-order valence-corrected chi connectivity index (χ4v) is 1.38. The molecule has 1 rings (SSSR count). The van der Waals surface area contributed by atoms with Gasteiger partial charge in [-0.2, -0.15) is 0 Å². The summed E-state index contributed by atoms with van der Waals surface area (Å²) in [4.78, 5) is 35.1. The van der Waals surface area contributed by atoms with E-state index in [9.17, 15) is 19.5 Å². The highest BCUT2D eigenvalue weighted by atomic mass is 16.5. The molecule has 0 amide bonds. The van der Waals surface area contributed by atoms with E-state index in [-0.39, 0.29) is 29.1 Å². The molecule has 16 heavy (non-hydrogen) atoms. The third kappa shape index (κ3) is 1.95. The number of ether oxygens (including phenoxy) is 1. The number of carboxylic acids is 1. The van der Waals surface area contributed by atoms with E-state index in [1.54, 1.807) is 6.92 Å². The lowest BCUT2D eigenvalue weighted by molar-refractivity contribution is -0.255. The number of aldehydes is 1. The second-order valence-electron chi connectivity index (χ2n) is 3.04. The van der Waals surface area contributed by atoms with Crippen molar-refractivity contribution in [3.63, 3.8) is 0 Å². The Hall–Kier alpha value is -2.11. The third-order valence-corrected chi connectivity index (χ3v) is 2.08. The predicted octanol–water partition coefficient (Wildman–Crippen LogP) is -0.324. The number of aromatic amines is 1. The smallest absolute Gasteiger partial charge is 0.340 e. The lowest BCUT2D eigenvalue weighted by Gasteiger charge is -2.02. The Balaban J connectivity index is 3.31. The largest absolute Gasteiger partial charge is 0.543 e. The molecule has 0 bridgehead atoms. The van der Waals surface area contributed by atoms with Crippen LogP contribution < -0.4 is 5.11 Å². The number of nitrogens with one attached hydrogen (secondary N) is 1. The lowest BCUT2D eigenvalue weighted by atomic mass is 10.1. The van der Waals surface area contributed by atoms with Crippen molar-refractivity contribution in [2.45, 2.75) is 13.8 Å². The number of hydrogen-bond donors (Lipinski definition) is 1. The van der Waals surface area contributed by atoms with Gasteiger partial charge in [-0.3, -0.25) is 4.79 Å². The Labute approximate surface area is 91.2 Å². The molecular formula is C10H10NO5-. The molecule has 0 aliphatic carbocycles. The molecule has 6 nitrogen and oxygen atoms in total. The molecule has 1 aromatic heterocycles. The van der Waals surface area contributed by atoms with E-state index >= 15 is 0 Å². The maximum Gasteiger partial charge on any atom is 0.340 e. The Morgan fingerprint density at radius 1 is 1.50 bits per heavy atom. The van der Waals surface area contributed by atoms with Gasteiger partial charge in [0.1, 0.15) is 0 Å². The van der Waals surface area contributed by atoms with Crippen molar-refractivity contribution in [2.24, 2.45) is 0 Å². The number of carboxylic acid groups (broad SMARTS) is 1. The van der Waals surface area contributed by atoms with E-state index in [0.717, 1.165) is 0 Å². The zero-order valence-electron chi connectivity index (χ0n) is 8.83. The van der Waals surface area contributed by atoms with E-state index in [0.29, 0.717) is 6.29 Å². The molecule has 0 atom stereocenters. The number of hydrogen-bond acceptors (Lipinski definition) is 5. The summed E-state index contributed by atoms with van der Waals surface area (Å²) in [5.41, 5.74) is -0.322. The second kappa shape index (κ2) is 4.61. The fourth-order valence-electron chi connectivity index (χ4n) is 1.38. The molecular weight excluding hydrogens is 214 g/mol. The van der Waals surface area contributed by atoms with Crippen molar-refractivity contribution in [1.29, 1.82) is 0 Å². The van der Waals surface area contributed by atoms with Crippen LogP contribution in [0.5, 0.6) is 0 Å². The highest BCUT2D eigenvalue weighted by Gasteiger charge is 2.21. The minimum absolute atomic E-state index is 0.0592. The Morgan fingerprint density at radius 2 is 2.12 bits per heavy atom. The average Bonchev–Trinajstić information content (AvgIpc) is 2.55. The van der Waals surface area contributed by atoms with Gasteiger partial charge in [-0.15, -0.1) is 0 Å². The first-order valence-electron chi connectivity index (χ1n) is 4.59. The van der Waals surface area contributed by atoms with Gasteiger partial charge in [0.25, 0.3) is 0 Å². The minimum atomic E-state index is -1.48. The molecule has 0 spiro atoms. The van der Waals surface area contributed by atoms with Crippen LogP contribution in [0.4, 0.5) is 0 Å². The molecule has 0 aromatic carbocycles. The van der Waals surface area contributed by atoms with Crippen LogP contribution in [-0.4, -0.2) is 29.8 Å². The van der Waals surface area contributed by atoms with Crippen LogP contribution in [0.3, 0.4) is 0 Å². The molecule has 86 valence electrons. The average molecular weight is 224 g/mol.